The Bertz CT molecular complexity index is 455. The molecular weight excluding hydrogens is 260 g/mol. The van der Waals surface area contributed by atoms with Crippen LogP contribution < -0.4 is 15.5 Å². The molecule has 6 heteroatoms. The molecule has 0 saturated carbocycles. The second-order valence-electron chi connectivity index (χ2n) is 5.19. The van der Waals surface area contributed by atoms with E-state index in [9.17, 15) is 4.79 Å². The lowest BCUT2D eigenvalue weighted by Crippen LogP contribution is -2.27. The van der Waals surface area contributed by atoms with Gasteiger partial charge in [0.1, 0.15) is 11.4 Å². The maximum absolute atomic E-state index is 11.7. The van der Waals surface area contributed by atoms with Gasteiger partial charge in [-0.3, -0.25) is 5.32 Å². The Balaban J connectivity index is 2.77. The van der Waals surface area contributed by atoms with E-state index < -0.39 is 11.7 Å². The Hall–Kier alpha value is -1.79. The minimum absolute atomic E-state index is 0.515. The van der Waals surface area contributed by atoms with Gasteiger partial charge in [-0.2, -0.15) is 5.48 Å². The van der Waals surface area contributed by atoms with Gasteiger partial charge in [-0.15, -0.1) is 0 Å². The zero-order chi connectivity index (χ0) is 15.2. The van der Waals surface area contributed by atoms with Gasteiger partial charge in [0.15, 0.2) is 0 Å². The Kier molecular flexibility index (Phi) is 5.79. The molecule has 2 N–H and O–H groups in total. The minimum Gasteiger partial charge on any atom is -0.495 e. The number of benzene rings is 1. The Morgan fingerprint density at radius 3 is 2.50 bits per heavy atom. The summed E-state index contributed by atoms with van der Waals surface area (Å²) in [7, 11) is 3.10. The first-order chi connectivity index (χ1) is 9.35. The van der Waals surface area contributed by atoms with E-state index in [4.69, 9.17) is 14.3 Å². The van der Waals surface area contributed by atoms with Crippen LogP contribution in [-0.4, -0.2) is 25.9 Å². The minimum atomic E-state index is -0.542. The van der Waals surface area contributed by atoms with Crippen molar-refractivity contribution in [3.8, 4) is 5.75 Å². The lowest BCUT2D eigenvalue weighted by Gasteiger charge is -2.20. The Labute approximate surface area is 119 Å². The predicted octanol–water partition coefficient (Wildman–Crippen LogP) is 2.69. The molecule has 0 fully saturated rings. The van der Waals surface area contributed by atoms with Gasteiger partial charge in [-0.25, -0.2) is 4.79 Å². The molecule has 0 atom stereocenters. The summed E-state index contributed by atoms with van der Waals surface area (Å²) in [6.45, 7) is 5.97. The first kappa shape index (κ1) is 16.3. The number of carbonyl (C=O) groups is 1. The molecule has 0 aliphatic carbocycles. The van der Waals surface area contributed by atoms with Gasteiger partial charge >= 0.3 is 6.09 Å². The average Bonchev–Trinajstić information content (AvgIpc) is 2.35. The summed E-state index contributed by atoms with van der Waals surface area (Å²) in [4.78, 5) is 16.5. The zero-order valence-corrected chi connectivity index (χ0v) is 12.6. The molecule has 6 nitrogen and oxygen atoms in total. The first-order valence-corrected chi connectivity index (χ1v) is 6.28. The largest absolute Gasteiger partial charge is 0.495 e. The highest BCUT2D eigenvalue weighted by Crippen LogP contribution is 2.26. The highest BCUT2D eigenvalue weighted by atomic mass is 16.6. The number of anilines is 1. The predicted molar refractivity (Wildman–Crippen MR) is 76.7 cm³/mol. The monoisotopic (exact) mass is 282 g/mol. The van der Waals surface area contributed by atoms with Crippen LogP contribution in [0.25, 0.3) is 0 Å². The summed E-state index contributed by atoms with van der Waals surface area (Å²) in [5, 5.41) is 2.66. The van der Waals surface area contributed by atoms with Gasteiger partial charge in [-0.05, 0) is 38.5 Å². The highest BCUT2D eigenvalue weighted by molar-refractivity contribution is 5.87. The molecule has 0 saturated heterocycles. The Morgan fingerprint density at radius 2 is 1.95 bits per heavy atom. The number of rotatable bonds is 5. The van der Waals surface area contributed by atoms with Crippen LogP contribution >= 0.6 is 0 Å². The zero-order valence-electron chi connectivity index (χ0n) is 12.6. The van der Waals surface area contributed by atoms with Crippen LogP contribution in [0.2, 0.25) is 0 Å². The van der Waals surface area contributed by atoms with Crippen molar-refractivity contribution in [2.75, 3.05) is 19.5 Å². The molecule has 0 heterocycles. The fraction of sp³-hybridized carbons (Fsp3) is 0.500. The summed E-state index contributed by atoms with van der Waals surface area (Å²) >= 11 is 0. The summed E-state index contributed by atoms with van der Waals surface area (Å²) < 4.78 is 10.5. The smallest absolute Gasteiger partial charge is 0.412 e. The third kappa shape index (κ3) is 5.46. The number of hydroxylamine groups is 1. The van der Waals surface area contributed by atoms with E-state index in [0.29, 0.717) is 18.0 Å². The molecular formula is C14H22N2O4. The third-order valence-corrected chi connectivity index (χ3v) is 2.32. The molecule has 0 unspecified atom stereocenters. The van der Waals surface area contributed by atoms with Crippen molar-refractivity contribution in [2.45, 2.75) is 32.9 Å². The summed E-state index contributed by atoms with van der Waals surface area (Å²) in [5.74, 6) is 0.561. The standard InChI is InChI=1S/C14H22N2O4/c1-14(2,3)20-13(17)16-11-7-6-10(9-15-19-5)8-12(11)18-4/h6-8,15H,9H2,1-5H3,(H,16,17). The van der Waals surface area contributed by atoms with Gasteiger partial charge in [0.25, 0.3) is 0 Å². The van der Waals surface area contributed by atoms with Crippen LogP contribution in [0.1, 0.15) is 26.3 Å². The summed E-state index contributed by atoms with van der Waals surface area (Å²) in [6.07, 6.45) is -0.515. The summed E-state index contributed by atoms with van der Waals surface area (Å²) in [6, 6.07) is 5.44. The molecule has 1 aromatic carbocycles. The van der Waals surface area contributed by atoms with Crippen molar-refractivity contribution in [3.63, 3.8) is 0 Å². The molecule has 0 bridgehead atoms. The SMILES string of the molecule is CONCc1ccc(NC(=O)OC(C)(C)C)c(OC)c1. The highest BCUT2D eigenvalue weighted by Gasteiger charge is 2.17. The average molecular weight is 282 g/mol. The number of nitrogens with one attached hydrogen (secondary N) is 2. The number of carbonyl (C=O) groups excluding carboxylic acids is 1. The number of hydrogen-bond acceptors (Lipinski definition) is 5. The molecule has 1 aromatic rings. The van der Waals surface area contributed by atoms with Crippen LogP contribution in [0, 0.1) is 0 Å². The normalized spacial score (nSPS) is 11.1. The van der Waals surface area contributed by atoms with Crippen molar-refractivity contribution < 1.29 is 19.1 Å². The van der Waals surface area contributed by atoms with Crippen LogP contribution in [0.3, 0.4) is 0 Å². The fourth-order valence-corrected chi connectivity index (χ4v) is 1.52. The topological polar surface area (TPSA) is 68.8 Å². The lowest BCUT2D eigenvalue weighted by molar-refractivity contribution is 0.0635. The van der Waals surface area contributed by atoms with Crippen molar-refractivity contribution in [3.05, 3.63) is 23.8 Å². The molecule has 1 amide bonds. The van der Waals surface area contributed by atoms with Crippen LogP contribution in [0.5, 0.6) is 5.75 Å². The van der Waals surface area contributed by atoms with E-state index in [-0.39, 0.29) is 0 Å². The van der Waals surface area contributed by atoms with Gasteiger partial charge < -0.3 is 14.3 Å². The van der Waals surface area contributed by atoms with Gasteiger partial charge in [0.2, 0.25) is 0 Å². The fourth-order valence-electron chi connectivity index (χ4n) is 1.52. The summed E-state index contributed by atoms with van der Waals surface area (Å²) in [5.41, 5.74) is 3.73. The van der Waals surface area contributed by atoms with Crippen molar-refractivity contribution >= 4 is 11.8 Å². The molecule has 0 aliphatic rings. The Morgan fingerprint density at radius 1 is 1.25 bits per heavy atom. The van der Waals surface area contributed by atoms with Crippen molar-refractivity contribution in [1.82, 2.24) is 5.48 Å². The lowest BCUT2D eigenvalue weighted by atomic mass is 10.2. The third-order valence-electron chi connectivity index (χ3n) is 2.32. The van der Waals surface area contributed by atoms with E-state index in [1.54, 1.807) is 20.3 Å². The van der Waals surface area contributed by atoms with Crippen molar-refractivity contribution in [2.24, 2.45) is 0 Å². The van der Waals surface area contributed by atoms with E-state index in [1.165, 1.54) is 0 Å². The molecule has 20 heavy (non-hydrogen) atoms. The number of methoxy groups -OCH3 is 1. The molecule has 0 aliphatic heterocycles. The maximum Gasteiger partial charge on any atom is 0.412 e. The molecule has 0 radical (unpaired) electrons. The van der Waals surface area contributed by atoms with Crippen LogP contribution in [0.15, 0.2) is 18.2 Å². The molecule has 0 aromatic heterocycles. The number of amides is 1. The maximum atomic E-state index is 11.7. The van der Waals surface area contributed by atoms with E-state index in [2.05, 4.69) is 10.8 Å². The van der Waals surface area contributed by atoms with Gasteiger partial charge in [-0.1, -0.05) is 6.07 Å². The van der Waals surface area contributed by atoms with Gasteiger partial charge in [0, 0.05) is 6.54 Å². The number of ether oxygens (including phenoxy) is 2. The van der Waals surface area contributed by atoms with Gasteiger partial charge in [0.05, 0.1) is 19.9 Å². The molecule has 1 rings (SSSR count). The first-order valence-electron chi connectivity index (χ1n) is 6.28. The van der Waals surface area contributed by atoms with E-state index >= 15 is 0 Å². The van der Waals surface area contributed by atoms with Crippen LogP contribution in [-0.2, 0) is 16.1 Å². The second-order valence-corrected chi connectivity index (χ2v) is 5.19. The van der Waals surface area contributed by atoms with E-state index in [1.807, 2.05) is 32.9 Å². The van der Waals surface area contributed by atoms with Crippen LogP contribution in [0.4, 0.5) is 10.5 Å². The molecule has 112 valence electrons. The second kappa shape index (κ2) is 7.12. The van der Waals surface area contributed by atoms with Crippen molar-refractivity contribution in [1.29, 1.82) is 0 Å². The van der Waals surface area contributed by atoms with E-state index in [0.717, 1.165) is 5.56 Å². The quantitative estimate of drug-likeness (QED) is 0.813. The number of hydrogen-bond donors (Lipinski definition) is 2. The molecule has 0 spiro atoms.